The van der Waals surface area contributed by atoms with Crippen LogP contribution in [-0.2, 0) is 4.79 Å². The van der Waals surface area contributed by atoms with Crippen molar-refractivity contribution < 1.29 is 14.7 Å². The number of amides is 3. The van der Waals surface area contributed by atoms with E-state index in [2.05, 4.69) is 21.0 Å². The first kappa shape index (κ1) is 20.9. The Balaban J connectivity index is 1.60. The van der Waals surface area contributed by atoms with Gasteiger partial charge in [-0.05, 0) is 31.4 Å². The van der Waals surface area contributed by atoms with E-state index in [1.807, 2.05) is 42.2 Å². The van der Waals surface area contributed by atoms with E-state index < -0.39 is 11.9 Å². The molecule has 11 nitrogen and oxygen atoms in total. The molecule has 3 aromatic rings. The van der Waals surface area contributed by atoms with Crippen LogP contribution in [0.2, 0.25) is 0 Å². The smallest absolute Gasteiger partial charge is 0.326 e. The van der Waals surface area contributed by atoms with Crippen molar-refractivity contribution in [3.05, 3.63) is 53.4 Å². The van der Waals surface area contributed by atoms with E-state index >= 15 is 0 Å². The van der Waals surface area contributed by atoms with Gasteiger partial charge >= 0.3 is 6.03 Å². The van der Waals surface area contributed by atoms with Crippen LogP contribution in [0.5, 0.6) is 0 Å². The highest BCUT2D eigenvalue weighted by Gasteiger charge is 2.27. The van der Waals surface area contributed by atoms with Crippen LogP contribution in [-0.4, -0.2) is 55.8 Å². The summed E-state index contributed by atoms with van der Waals surface area (Å²) in [5.41, 5.74) is 2.22. The van der Waals surface area contributed by atoms with Crippen LogP contribution in [0.4, 0.5) is 16.7 Å². The number of fused-ring (bicyclic) bond motifs is 1. The van der Waals surface area contributed by atoms with Crippen molar-refractivity contribution >= 4 is 35.6 Å². The summed E-state index contributed by atoms with van der Waals surface area (Å²) in [6.45, 7) is 2.29. The molecule has 170 valence electrons. The van der Waals surface area contributed by atoms with Crippen molar-refractivity contribution in [3.63, 3.8) is 0 Å². The van der Waals surface area contributed by atoms with E-state index in [1.165, 1.54) is 6.08 Å². The van der Waals surface area contributed by atoms with E-state index in [9.17, 15) is 14.7 Å². The fourth-order valence-corrected chi connectivity index (χ4v) is 3.74. The molecule has 1 aliphatic carbocycles. The molecule has 33 heavy (non-hydrogen) atoms. The van der Waals surface area contributed by atoms with Gasteiger partial charge in [0.05, 0.1) is 18.8 Å². The first-order valence-corrected chi connectivity index (χ1v) is 10.8. The Morgan fingerprint density at radius 3 is 2.70 bits per heavy atom. The fourth-order valence-electron chi connectivity index (χ4n) is 3.74. The number of benzene rings is 1. The minimum absolute atomic E-state index is 0.0700. The van der Waals surface area contributed by atoms with E-state index in [-0.39, 0.29) is 18.3 Å². The largest absolute Gasteiger partial charge is 0.395 e. The summed E-state index contributed by atoms with van der Waals surface area (Å²) in [6.07, 6.45) is 5.21. The number of aliphatic hydroxyl groups excluding tert-OH is 1. The summed E-state index contributed by atoms with van der Waals surface area (Å²) < 4.78 is 1.59. The molecule has 0 bridgehead atoms. The Kier molecular flexibility index (Phi) is 5.38. The number of nitrogens with zero attached hydrogens (tertiary/aromatic N) is 5. The SMILES string of the molecule is C[C@@H](c1ccccc1)N(CCO)c1nc(NC2CC2)n2ncc(/C=C3\NC(=O)NC3=O)c2n1. The lowest BCUT2D eigenvalue weighted by Gasteiger charge is -2.29. The third-order valence-corrected chi connectivity index (χ3v) is 5.66. The Labute approximate surface area is 189 Å². The summed E-state index contributed by atoms with van der Waals surface area (Å²) >= 11 is 0. The maximum atomic E-state index is 12.0. The molecule has 1 atom stereocenters. The summed E-state index contributed by atoms with van der Waals surface area (Å²) in [7, 11) is 0. The van der Waals surface area contributed by atoms with Crippen molar-refractivity contribution in [3.8, 4) is 0 Å². The van der Waals surface area contributed by atoms with Gasteiger partial charge in [0.2, 0.25) is 11.9 Å². The molecular formula is C22H24N8O3. The number of nitrogens with one attached hydrogen (secondary N) is 3. The number of urea groups is 1. The predicted molar refractivity (Wildman–Crippen MR) is 121 cm³/mol. The van der Waals surface area contributed by atoms with Gasteiger partial charge in [-0.2, -0.15) is 19.6 Å². The molecule has 1 saturated heterocycles. The zero-order valence-corrected chi connectivity index (χ0v) is 18.0. The summed E-state index contributed by atoms with van der Waals surface area (Å²) in [6, 6.07) is 9.58. The molecule has 3 amide bonds. The molecule has 4 N–H and O–H groups in total. The van der Waals surface area contributed by atoms with Gasteiger partial charge in [0, 0.05) is 18.2 Å². The average molecular weight is 448 g/mol. The number of anilines is 2. The number of rotatable bonds is 8. The minimum Gasteiger partial charge on any atom is -0.395 e. The van der Waals surface area contributed by atoms with Gasteiger partial charge < -0.3 is 20.6 Å². The molecule has 11 heteroatoms. The predicted octanol–water partition coefficient (Wildman–Crippen LogP) is 1.44. The molecule has 1 saturated carbocycles. The lowest BCUT2D eigenvalue weighted by molar-refractivity contribution is -0.115. The van der Waals surface area contributed by atoms with Gasteiger partial charge in [0.25, 0.3) is 5.91 Å². The van der Waals surface area contributed by atoms with E-state index in [4.69, 9.17) is 9.97 Å². The number of carbonyl (C=O) groups is 2. The highest BCUT2D eigenvalue weighted by Crippen LogP contribution is 2.29. The van der Waals surface area contributed by atoms with Crippen molar-refractivity contribution in [2.24, 2.45) is 0 Å². The van der Waals surface area contributed by atoms with Crippen molar-refractivity contribution in [2.75, 3.05) is 23.4 Å². The molecule has 2 aliphatic rings. The molecule has 0 unspecified atom stereocenters. The van der Waals surface area contributed by atoms with Crippen molar-refractivity contribution in [1.29, 1.82) is 0 Å². The van der Waals surface area contributed by atoms with E-state index in [0.29, 0.717) is 35.7 Å². The van der Waals surface area contributed by atoms with Crippen LogP contribution in [0.1, 0.15) is 36.9 Å². The van der Waals surface area contributed by atoms with Crippen molar-refractivity contribution in [1.82, 2.24) is 30.2 Å². The number of aliphatic hydroxyl groups is 1. The van der Waals surface area contributed by atoms with Gasteiger partial charge in [0.1, 0.15) is 5.70 Å². The Hall–Kier alpha value is -3.99. The first-order chi connectivity index (χ1) is 16.0. The molecule has 5 rings (SSSR count). The monoisotopic (exact) mass is 448 g/mol. The number of hydrogen-bond acceptors (Lipinski definition) is 8. The Bertz CT molecular complexity index is 1240. The maximum Gasteiger partial charge on any atom is 0.326 e. The molecular weight excluding hydrogens is 424 g/mol. The van der Waals surface area contributed by atoms with E-state index in [0.717, 1.165) is 18.4 Å². The highest BCUT2D eigenvalue weighted by molar-refractivity contribution is 6.14. The quantitative estimate of drug-likeness (QED) is 0.300. The highest BCUT2D eigenvalue weighted by atomic mass is 16.3. The third kappa shape index (κ3) is 4.22. The van der Waals surface area contributed by atoms with Crippen LogP contribution in [0.25, 0.3) is 11.7 Å². The van der Waals surface area contributed by atoms with Crippen LogP contribution in [0.3, 0.4) is 0 Å². The van der Waals surface area contributed by atoms with Gasteiger partial charge in [0.15, 0.2) is 5.65 Å². The van der Waals surface area contributed by atoms with Crippen LogP contribution in [0, 0.1) is 0 Å². The standard InChI is InChI=1S/C22H24N8O3/c1-13(14-5-3-2-4-6-14)29(9-10-31)20-26-18-15(11-17-19(32)27-22(33)25-17)12-23-30(18)21(28-20)24-16-7-8-16/h2-6,11-13,16,31H,7-10H2,1H3,(H,24,26,28)(H2,25,27,32,33)/b17-11-/t13-/m0/s1. The number of carbonyl (C=O) groups excluding carboxylic acids is 2. The lowest BCUT2D eigenvalue weighted by atomic mass is 10.1. The molecule has 0 spiro atoms. The van der Waals surface area contributed by atoms with Gasteiger partial charge in [-0.3, -0.25) is 10.1 Å². The number of hydrogen-bond donors (Lipinski definition) is 4. The van der Waals surface area contributed by atoms with Gasteiger partial charge in [-0.15, -0.1) is 0 Å². The normalized spacial score (nSPS) is 17.8. The molecule has 1 aromatic carbocycles. The number of aromatic nitrogens is 4. The van der Waals surface area contributed by atoms with E-state index in [1.54, 1.807) is 10.7 Å². The van der Waals surface area contributed by atoms with Crippen LogP contribution >= 0.6 is 0 Å². The second kappa shape index (κ2) is 8.51. The van der Waals surface area contributed by atoms with Gasteiger partial charge in [-0.25, -0.2) is 4.79 Å². The average Bonchev–Trinajstić information content (AvgIpc) is 3.45. The Morgan fingerprint density at radius 1 is 1.24 bits per heavy atom. The fraction of sp³-hybridized carbons (Fsp3) is 0.318. The second-order valence-corrected chi connectivity index (χ2v) is 8.07. The Morgan fingerprint density at radius 2 is 2.03 bits per heavy atom. The zero-order valence-electron chi connectivity index (χ0n) is 18.0. The second-order valence-electron chi connectivity index (χ2n) is 8.07. The zero-order chi connectivity index (χ0) is 22.9. The number of imide groups is 1. The summed E-state index contributed by atoms with van der Waals surface area (Å²) in [5, 5.41) is 22.2. The molecule has 2 fully saturated rings. The lowest BCUT2D eigenvalue weighted by Crippen LogP contribution is -2.32. The topological polar surface area (TPSA) is 137 Å². The molecule has 1 aliphatic heterocycles. The minimum atomic E-state index is -0.570. The van der Waals surface area contributed by atoms with Gasteiger partial charge in [-0.1, -0.05) is 30.3 Å². The first-order valence-electron chi connectivity index (χ1n) is 10.8. The van der Waals surface area contributed by atoms with Crippen LogP contribution in [0.15, 0.2) is 42.2 Å². The molecule has 2 aromatic heterocycles. The summed E-state index contributed by atoms with van der Waals surface area (Å²) in [5.74, 6) is 0.450. The molecule has 3 heterocycles. The maximum absolute atomic E-state index is 12.0. The van der Waals surface area contributed by atoms with Crippen molar-refractivity contribution in [2.45, 2.75) is 31.8 Å². The van der Waals surface area contributed by atoms with Crippen LogP contribution < -0.4 is 20.9 Å². The molecule has 0 radical (unpaired) electrons. The third-order valence-electron chi connectivity index (χ3n) is 5.66. The summed E-state index contributed by atoms with van der Waals surface area (Å²) in [4.78, 5) is 34.9.